The third-order valence-corrected chi connectivity index (χ3v) is 16.1. The Hall–Kier alpha value is 0.320. The van der Waals surface area contributed by atoms with E-state index in [0.29, 0.717) is 24.9 Å². The average Bonchev–Trinajstić information content (AvgIpc) is 3.41. The fourth-order valence-electron chi connectivity index (χ4n) is 5.00. The summed E-state index contributed by atoms with van der Waals surface area (Å²) in [5, 5.41) is 0. The Labute approximate surface area is 159 Å². The molecule has 3 aliphatic heterocycles. The third kappa shape index (κ3) is 2.11. The van der Waals surface area contributed by atoms with E-state index in [-0.39, 0.29) is 51.8 Å². The standard InChI is InChI=1S/C16H23I2N2O4/c1-14(17-2,16-18(19-16)20-16)13(22)24-11-5-10-4-3-9(11)6-15(10)7-12(21)23-8-15/h9-11,19-20H,3-8H2,1-2H3/q-1. The Morgan fingerprint density at radius 3 is 2.71 bits per heavy atom. The molecule has 2 N–H and O–H groups in total. The van der Waals surface area contributed by atoms with Crippen molar-refractivity contribution in [2.75, 3.05) is 11.5 Å². The number of nitrogens with one attached hydrogen (secondary N) is 2. The third-order valence-electron chi connectivity index (χ3n) is 6.81. The first-order valence-corrected chi connectivity index (χ1v) is 15.0. The van der Waals surface area contributed by atoms with Crippen molar-refractivity contribution in [3.05, 3.63) is 0 Å². The Balaban J connectivity index is 1.30. The van der Waals surface area contributed by atoms with Crippen molar-refractivity contribution in [3.63, 3.8) is 0 Å². The molecule has 6 rings (SSSR count). The van der Waals surface area contributed by atoms with Crippen LogP contribution in [0.3, 0.4) is 0 Å². The average molecular weight is 561 g/mol. The SMILES string of the molecule is C[I-]C(C)(C(=O)OC1CC2CCC1CC21COC(=O)C1)C12NI1N2. The van der Waals surface area contributed by atoms with Crippen molar-refractivity contribution in [2.24, 2.45) is 17.3 Å². The van der Waals surface area contributed by atoms with Crippen molar-refractivity contribution in [1.29, 1.82) is 0 Å². The van der Waals surface area contributed by atoms with Gasteiger partial charge in [0.1, 0.15) is 0 Å². The zero-order chi connectivity index (χ0) is 16.7. The van der Waals surface area contributed by atoms with Crippen LogP contribution in [-0.2, 0) is 19.1 Å². The van der Waals surface area contributed by atoms with Crippen molar-refractivity contribution < 1.29 is 40.3 Å². The molecule has 3 heterocycles. The topological polar surface area (TPSA) is 96.5 Å². The summed E-state index contributed by atoms with van der Waals surface area (Å²) in [6, 6.07) is 0. The number of halogens is 2. The van der Waals surface area contributed by atoms with Crippen LogP contribution in [0.25, 0.3) is 0 Å². The minimum absolute atomic E-state index is 0.00332. The number of carbonyl (C=O) groups is 2. The minimum atomic E-state index is -1.15. The molecule has 6 aliphatic rings. The molecule has 24 heavy (non-hydrogen) atoms. The molecule has 6 nitrogen and oxygen atoms in total. The molecule has 0 amide bonds. The van der Waals surface area contributed by atoms with E-state index in [1.54, 1.807) is 0 Å². The van der Waals surface area contributed by atoms with Gasteiger partial charge in [-0.15, -0.1) is 0 Å². The molecule has 136 valence electrons. The first-order chi connectivity index (χ1) is 11.4. The quantitative estimate of drug-likeness (QED) is 0.107. The van der Waals surface area contributed by atoms with Gasteiger partial charge >= 0.3 is 161 Å². The van der Waals surface area contributed by atoms with Gasteiger partial charge in [-0.3, -0.25) is 0 Å². The Morgan fingerprint density at radius 2 is 2.21 bits per heavy atom. The zero-order valence-corrected chi connectivity index (χ0v) is 18.2. The van der Waals surface area contributed by atoms with E-state index < -0.39 is 20.4 Å². The molecule has 5 unspecified atom stereocenters. The summed E-state index contributed by atoms with van der Waals surface area (Å²) in [7, 11) is 0. The molecule has 6 fully saturated rings. The van der Waals surface area contributed by atoms with Gasteiger partial charge in [0.25, 0.3) is 0 Å². The van der Waals surface area contributed by atoms with Crippen LogP contribution in [0, 0.1) is 17.3 Å². The fourth-order valence-corrected chi connectivity index (χ4v) is 15.3. The van der Waals surface area contributed by atoms with Crippen LogP contribution in [0.5, 0.6) is 0 Å². The van der Waals surface area contributed by atoms with Gasteiger partial charge in [-0.05, 0) is 0 Å². The molecule has 2 bridgehead atoms. The van der Waals surface area contributed by atoms with Gasteiger partial charge < -0.3 is 0 Å². The Bertz CT molecular complexity index is 625. The summed E-state index contributed by atoms with van der Waals surface area (Å²) < 4.78 is 18.1. The summed E-state index contributed by atoms with van der Waals surface area (Å²) in [4.78, 5) is 26.8. The molecule has 3 aliphatic carbocycles. The van der Waals surface area contributed by atoms with Crippen LogP contribution in [0.2, 0.25) is 0 Å². The van der Waals surface area contributed by atoms with Crippen LogP contribution < -0.4 is 28.3 Å². The van der Waals surface area contributed by atoms with E-state index in [4.69, 9.17) is 9.47 Å². The molecule has 8 heteroatoms. The molecular formula is C16H23I2N2O4-. The molecule has 5 atom stereocenters. The van der Waals surface area contributed by atoms with Gasteiger partial charge in [0.15, 0.2) is 0 Å². The van der Waals surface area contributed by atoms with E-state index in [1.807, 2.05) is 0 Å². The van der Waals surface area contributed by atoms with Gasteiger partial charge in [0.2, 0.25) is 0 Å². The van der Waals surface area contributed by atoms with Crippen LogP contribution in [0.1, 0.15) is 39.0 Å². The molecule has 3 saturated carbocycles. The second kappa shape index (κ2) is 5.19. The number of esters is 2. The van der Waals surface area contributed by atoms with Gasteiger partial charge in [-0.25, -0.2) is 0 Å². The summed E-state index contributed by atoms with van der Waals surface area (Å²) in [5.41, 5.74) is 0.0393. The summed E-state index contributed by atoms with van der Waals surface area (Å²) >= 11 is -1.40. The zero-order valence-electron chi connectivity index (χ0n) is 13.9. The summed E-state index contributed by atoms with van der Waals surface area (Å²) in [6.07, 6.45) is 4.79. The van der Waals surface area contributed by atoms with E-state index in [1.165, 1.54) is 0 Å². The number of carbonyl (C=O) groups excluding carboxylic acids is 2. The van der Waals surface area contributed by atoms with Crippen molar-refractivity contribution >= 4 is 32.3 Å². The summed E-state index contributed by atoms with van der Waals surface area (Å²) in [5.74, 6) is 0.836. The number of fused-ring (bicyclic) bond motifs is 3. The number of rotatable bonds is 4. The number of hydrogen-bond acceptors (Lipinski definition) is 6. The van der Waals surface area contributed by atoms with Crippen molar-refractivity contribution in [1.82, 2.24) is 7.06 Å². The molecule has 3 saturated heterocycles. The van der Waals surface area contributed by atoms with Gasteiger partial charge in [-0.2, -0.15) is 0 Å². The summed E-state index contributed by atoms with van der Waals surface area (Å²) in [6.45, 7) is 2.68. The van der Waals surface area contributed by atoms with Crippen LogP contribution >= 0.6 is 20.4 Å². The van der Waals surface area contributed by atoms with Crippen LogP contribution in [0.4, 0.5) is 0 Å². The molecular weight excluding hydrogens is 538 g/mol. The van der Waals surface area contributed by atoms with E-state index in [9.17, 15) is 9.59 Å². The van der Waals surface area contributed by atoms with E-state index >= 15 is 0 Å². The molecule has 0 aromatic carbocycles. The van der Waals surface area contributed by atoms with Crippen LogP contribution in [-0.4, -0.2) is 36.7 Å². The molecule has 0 aromatic heterocycles. The number of ether oxygens (including phenoxy) is 2. The first-order valence-electron chi connectivity index (χ1n) is 8.55. The Kier molecular flexibility index (Phi) is 3.56. The monoisotopic (exact) mass is 561 g/mol. The second-order valence-electron chi connectivity index (χ2n) is 7.94. The predicted octanol–water partition coefficient (Wildman–Crippen LogP) is -1.67. The number of alkyl halides is 3. The Morgan fingerprint density at radius 1 is 1.46 bits per heavy atom. The predicted molar refractivity (Wildman–Crippen MR) is 90.7 cm³/mol. The molecule has 1 spiro atoms. The number of cyclic esters (lactones) is 1. The van der Waals surface area contributed by atoms with Gasteiger partial charge in [0.05, 0.1) is 0 Å². The van der Waals surface area contributed by atoms with Gasteiger partial charge in [0, 0.05) is 0 Å². The fraction of sp³-hybridized carbons (Fsp3) is 0.875. The van der Waals surface area contributed by atoms with Crippen molar-refractivity contribution in [3.8, 4) is 0 Å². The van der Waals surface area contributed by atoms with Crippen molar-refractivity contribution in [2.45, 2.75) is 52.2 Å². The normalized spacial score (nSPS) is 44.8. The molecule has 0 radical (unpaired) electrons. The van der Waals surface area contributed by atoms with Gasteiger partial charge in [-0.1, -0.05) is 0 Å². The van der Waals surface area contributed by atoms with E-state index in [0.717, 1.165) is 25.7 Å². The van der Waals surface area contributed by atoms with E-state index in [2.05, 4.69) is 18.9 Å². The molecule has 0 aromatic rings. The second-order valence-corrected chi connectivity index (χ2v) is 15.5. The maximum atomic E-state index is 13.0. The first kappa shape index (κ1) is 16.5. The van der Waals surface area contributed by atoms with Crippen LogP contribution in [0.15, 0.2) is 0 Å². The number of hydrogen-bond donors (Lipinski definition) is 2. The maximum absolute atomic E-state index is 13.0.